The van der Waals surface area contributed by atoms with E-state index in [1.54, 1.807) is 11.3 Å². The zero-order chi connectivity index (χ0) is 33.7. The second kappa shape index (κ2) is 14.2. The number of para-hydroxylation sites is 4. The number of carbonyl (C=O) groups excluding carboxylic acids is 1. The molecule has 240 valence electrons. The van der Waals surface area contributed by atoms with Crippen LogP contribution in [-0.4, -0.2) is 6.29 Å². The average molecular weight is 681 g/mol. The Morgan fingerprint density at radius 1 is 0.380 bits per heavy atom. The zero-order valence-electron chi connectivity index (χ0n) is 27.1. The largest absolute Gasteiger partial charge is 0.311 e. The van der Waals surface area contributed by atoms with Crippen LogP contribution < -0.4 is 9.80 Å². The summed E-state index contributed by atoms with van der Waals surface area (Å²) in [5.74, 6) is 0. The SMILES string of the molecule is O=Cc1ccc(-c2cc(-c3ccc(N(c4ccccc4)c4ccccc4)cc3)c(-c3ccc(N(c4ccccc4)c4ccccc4)cc3)s2)s1. The van der Waals surface area contributed by atoms with Crippen molar-refractivity contribution < 1.29 is 4.79 Å². The summed E-state index contributed by atoms with van der Waals surface area (Å²) in [4.78, 5) is 20.3. The highest BCUT2D eigenvalue weighted by molar-refractivity contribution is 7.24. The minimum absolute atomic E-state index is 0.731. The van der Waals surface area contributed by atoms with Gasteiger partial charge < -0.3 is 9.80 Å². The monoisotopic (exact) mass is 680 g/mol. The minimum atomic E-state index is 0.731. The van der Waals surface area contributed by atoms with Gasteiger partial charge in [-0.2, -0.15) is 0 Å². The Kier molecular flexibility index (Phi) is 8.90. The van der Waals surface area contributed by atoms with Crippen LogP contribution in [0.2, 0.25) is 0 Å². The summed E-state index contributed by atoms with van der Waals surface area (Å²) in [5.41, 5.74) is 10.0. The van der Waals surface area contributed by atoms with Crippen molar-refractivity contribution in [3.63, 3.8) is 0 Å². The van der Waals surface area contributed by atoms with Crippen molar-refractivity contribution in [1.29, 1.82) is 0 Å². The molecule has 0 saturated heterocycles. The number of nitrogens with zero attached hydrogens (tertiary/aromatic N) is 2. The highest BCUT2D eigenvalue weighted by Crippen LogP contribution is 2.46. The van der Waals surface area contributed by atoms with Crippen LogP contribution in [0, 0.1) is 0 Å². The quantitative estimate of drug-likeness (QED) is 0.134. The number of hydrogen-bond donors (Lipinski definition) is 0. The lowest BCUT2D eigenvalue weighted by Crippen LogP contribution is -2.09. The Labute approximate surface area is 300 Å². The molecule has 0 N–H and O–H groups in total. The lowest BCUT2D eigenvalue weighted by Gasteiger charge is -2.25. The van der Waals surface area contributed by atoms with Crippen molar-refractivity contribution in [3.8, 4) is 31.3 Å². The number of anilines is 6. The standard InChI is InChI=1S/C45H32N2OS2/c48-32-41-29-30-43(49-41)44-31-42(33-21-25-39(26-22-33)46(35-13-5-1-6-14-35)36-15-7-2-8-16-36)45(50-44)34-23-27-40(28-24-34)47(37-17-9-3-10-18-37)38-19-11-4-12-20-38/h1-32H. The van der Waals surface area contributed by atoms with Crippen LogP contribution in [0.15, 0.2) is 188 Å². The maximum Gasteiger partial charge on any atom is 0.160 e. The first-order valence-electron chi connectivity index (χ1n) is 16.5. The number of carbonyl (C=O) groups is 1. The van der Waals surface area contributed by atoms with Gasteiger partial charge in [-0.3, -0.25) is 4.79 Å². The molecule has 0 aliphatic heterocycles. The first-order chi connectivity index (χ1) is 24.7. The van der Waals surface area contributed by atoms with Crippen molar-refractivity contribution in [3.05, 3.63) is 193 Å². The number of thiophene rings is 2. The lowest BCUT2D eigenvalue weighted by atomic mass is 10.0. The van der Waals surface area contributed by atoms with Gasteiger partial charge in [0, 0.05) is 54.3 Å². The maximum atomic E-state index is 11.6. The van der Waals surface area contributed by atoms with Gasteiger partial charge in [0.1, 0.15) is 0 Å². The van der Waals surface area contributed by atoms with E-state index in [-0.39, 0.29) is 0 Å². The van der Waals surface area contributed by atoms with Crippen LogP contribution >= 0.6 is 22.7 Å². The van der Waals surface area contributed by atoms with Crippen LogP contribution in [0.5, 0.6) is 0 Å². The molecule has 2 aromatic heterocycles. The smallest absolute Gasteiger partial charge is 0.160 e. The predicted octanol–water partition coefficient (Wildman–Crippen LogP) is 13.6. The van der Waals surface area contributed by atoms with Crippen molar-refractivity contribution in [2.24, 2.45) is 0 Å². The Morgan fingerprint density at radius 3 is 1.18 bits per heavy atom. The molecule has 0 aliphatic rings. The van der Waals surface area contributed by atoms with Crippen molar-refractivity contribution in [2.45, 2.75) is 0 Å². The fourth-order valence-electron chi connectivity index (χ4n) is 6.24. The molecule has 0 saturated carbocycles. The second-order valence-electron chi connectivity index (χ2n) is 11.8. The van der Waals surface area contributed by atoms with E-state index in [0.29, 0.717) is 0 Å². The topological polar surface area (TPSA) is 23.6 Å². The Hall–Kier alpha value is -6.01. The minimum Gasteiger partial charge on any atom is -0.311 e. The van der Waals surface area contributed by atoms with Crippen LogP contribution in [0.4, 0.5) is 34.1 Å². The lowest BCUT2D eigenvalue weighted by molar-refractivity contribution is 0.112. The second-order valence-corrected chi connectivity index (χ2v) is 13.9. The number of benzene rings is 6. The van der Waals surface area contributed by atoms with E-state index < -0.39 is 0 Å². The van der Waals surface area contributed by atoms with Crippen LogP contribution in [0.1, 0.15) is 9.67 Å². The van der Waals surface area contributed by atoms with Crippen LogP contribution in [0.25, 0.3) is 31.3 Å². The first-order valence-corrected chi connectivity index (χ1v) is 18.1. The molecule has 3 nitrogen and oxygen atoms in total. The van der Waals surface area contributed by atoms with Gasteiger partial charge in [-0.15, -0.1) is 22.7 Å². The Morgan fingerprint density at radius 2 is 0.780 bits per heavy atom. The maximum absolute atomic E-state index is 11.6. The van der Waals surface area contributed by atoms with Gasteiger partial charge >= 0.3 is 0 Å². The van der Waals surface area contributed by atoms with Crippen molar-refractivity contribution >= 4 is 63.1 Å². The third-order valence-corrected chi connectivity index (χ3v) is 11.0. The van der Waals surface area contributed by atoms with Gasteiger partial charge in [0.2, 0.25) is 0 Å². The van der Waals surface area contributed by atoms with Gasteiger partial charge in [-0.25, -0.2) is 0 Å². The summed E-state index contributed by atoms with van der Waals surface area (Å²) >= 11 is 3.30. The molecule has 5 heteroatoms. The Bertz CT molecular complexity index is 2090. The summed E-state index contributed by atoms with van der Waals surface area (Å²) in [7, 11) is 0. The molecular weight excluding hydrogens is 649 g/mol. The molecule has 0 amide bonds. The van der Waals surface area contributed by atoms with E-state index in [1.165, 1.54) is 21.8 Å². The Balaban J connectivity index is 1.20. The van der Waals surface area contributed by atoms with Gasteiger partial charge in [0.25, 0.3) is 0 Å². The molecule has 6 aromatic carbocycles. The molecule has 8 rings (SSSR count). The predicted molar refractivity (Wildman–Crippen MR) is 213 cm³/mol. The summed E-state index contributed by atoms with van der Waals surface area (Å²) in [6, 6.07) is 65.8. The zero-order valence-corrected chi connectivity index (χ0v) is 28.7. The third-order valence-electron chi connectivity index (χ3n) is 8.60. The molecule has 0 fully saturated rings. The van der Waals surface area contributed by atoms with E-state index in [4.69, 9.17) is 0 Å². The molecule has 50 heavy (non-hydrogen) atoms. The molecule has 8 aromatic rings. The van der Waals surface area contributed by atoms with E-state index in [0.717, 1.165) is 66.2 Å². The molecule has 2 heterocycles. The highest BCUT2D eigenvalue weighted by atomic mass is 32.1. The molecule has 0 radical (unpaired) electrons. The van der Waals surface area contributed by atoms with E-state index in [9.17, 15) is 4.79 Å². The van der Waals surface area contributed by atoms with Gasteiger partial charge in [-0.05, 0) is 102 Å². The number of rotatable bonds is 10. The summed E-state index contributed by atoms with van der Waals surface area (Å²) in [6.45, 7) is 0. The first kappa shape index (κ1) is 31.3. The van der Waals surface area contributed by atoms with Gasteiger partial charge in [0.15, 0.2) is 6.29 Å². The van der Waals surface area contributed by atoms with Gasteiger partial charge in [-0.1, -0.05) is 97.1 Å². The van der Waals surface area contributed by atoms with Gasteiger partial charge in [0.05, 0.1) is 4.88 Å². The van der Waals surface area contributed by atoms with Crippen molar-refractivity contribution in [1.82, 2.24) is 0 Å². The summed E-state index contributed by atoms with van der Waals surface area (Å²) in [5, 5.41) is 0. The fourth-order valence-corrected chi connectivity index (χ4v) is 8.33. The third kappa shape index (κ3) is 6.40. The molecule has 0 aliphatic carbocycles. The number of aldehydes is 1. The van der Waals surface area contributed by atoms with Crippen LogP contribution in [-0.2, 0) is 0 Å². The summed E-state index contributed by atoms with van der Waals surface area (Å²) in [6.07, 6.45) is 0.928. The summed E-state index contributed by atoms with van der Waals surface area (Å²) < 4.78 is 0. The van der Waals surface area contributed by atoms with Crippen LogP contribution in [0.3, 0.4) is 0 Å². The normalized spacial score (nSPS) is 10.9. The molecule has 0 spiro atoms. The van der Waals surface area contributed by atoms with E-state index in [2.05, 4.69) is 168 Å². The van der Waals surface area contributed by atoms with Crippen molar-refractivity contribution in [2.75, 3.05) is 9.80 Å². The number of hydrogen-bond acceptors (Lipinski definition) is 5. The fraction of sp³-hybridized carbons (Fsp3) is 0. The molecule has 0 bridgehead atoms. The highest BCUT2D eigenvalue weighted by Gasteiger charge is 2.19. The molecular formula is C45H32N2OS2. The average Bonchev–Trinajstić information content (AvgIpc) is 3.86. The molecule has 0 unspecified atom stereocenters. The van der Waals surface area contributed by atoms with E-state index in [1.807, 2.05) is 30.3 Å². The molecule has 0 atom stereocenters. The van der Waals surface area contributed by atoms with E-state index >= 15 is 0 Å².